The average molecular weight is 291 g/mol. The van der Waals surface area contributed by atoms with Crippen molar-refractivity contribution in [2.75, 3.05) is 20.7 Å². The molecule has 0 heterocycles. The number of hydrogen-bond donors (Lipinski definition) is 1. The van der Waals surface area contributed by atoms with E-state index in [0.29, 0.717) is 6.54 Å². The molecule has 1 aromatic carbocycles. The van der Waals surface area contributed by atoms with E-state index in [9.17, 15) is 9.90 Å². The van der Waals surface area contributed by atoms with E-state index in [-0.39, 0.29) is 11.8 Å². The van der Waals surface area contributed by atoms with Crippen LogP contribution in [0.4, 0.5) is 0 Å². The zero-order valence-corrected chi connectivity index (χ0v) is 12.9. The van der Waals surface area contributed by atoms with Gasteiger partial charge in [0.2, 0.25) is 5.91 Å². The van der Waals surface area contributed by atoms with Gasteiger partial charge in [-0.25, -0.2) is 0 Å². The highest BCUT2D eigenvalue weighted by atomic mass is 16.5. The van der Waals surface area contributed by atoms with Crippen molar-refractivity contribution in [3.8, 4) is 5.75 Å². The van der Waals surface area contributed by atoms with Crippen LogP contribution in [0.25, 0.3) is 0 Å². The number of amides is 1. The summed E-state index contributed by atoms with van der Waals surface area (Å²) in [6.45, 7) is 0.335. The summed E-state index contributed by atoms with van der Waals surface area (Å²) >= 11 is 0. The highest BCUT2D eigenvalue weighted by molar-refractivity contribution is 5.78. The van der Waals surface area contributed by atoms with Crippen LogP contribution in [0, 0.1) is 5.92 Å². The molecule has 1 fully saturated rings. The summed E-state index contributed by atoms with van der Waals surface area (Å²) in [5.74, 6) is 1.08. The third kappa shape index (κ3) is 4.21. The zero-order valence-electron chi connectivity index (χ0n) is 12.9. The average Bonchev–Trinajstić information content (AvgIpc) is 2.55. The molecule has 21 heavy (non-hydrogen) atoms. The Morgan fingerprint density at radius 3 is 2.48 bits per heavy atom. The van der Waals surface area contributed by atoms with Crippen molar-refractivity contribution in [2.45, 2.75) is 38.2 Å². The van der Waals surface area contributed by atoms with E-state index in [4.69, 9.17) is 4.74 Å². The number of methoxy groups -OCH3 is 1. The first-order valence-electron chi connectivity index (χ1n) is 7.69. The molecule has 1 unspecified atom stereocenters. The Morgan fingerprint density at radius 1 is 1.29 bits per heavy atom. The SMILES string of the molecule is COc1ccc(C(O)CN(C)C(=O)C2CCCCC2)cc1. The molecule has 0 radical (unpaired) electrons. The van der Waals surface area contributed by atoms with Crippen LogP contribution in [0.2, 0.25) is 0 Å². The fraction of sp³-hybridized carbons (Fsp3) is 0.588. The molecule has 0 spiro atoms. The third-order valence-electron chi connectivity index (χ3n) is 4.28. The van der Waals surface area contributed by atoms with E-state index >= 15 is 0 Å². The van der Waals surface area contributed by atoms with Crippen LogP contribution in [0.5, 0.6) is 5.75 Å². The number of carbonyl (C=O) groups excluding carboxylic acids is 1. The minimum Gasteiger partial charge on any atom is -0.497 e. The molecule has 1 aliphatic rings. The molecule has 1 saturated carbocycles. The molecule has 1 aromatic rings. The Kier molecular flexibility index (Phi) is 5.62. The van der Waals surface area contributed by atoms with Gasteiger partial charge in [0.1, 0.15) is 5.75 Å². The van der Waals surface area contributed by atoms with E-state index in [1.54, 1.807) is 19.1 Å². The Labute approximate surface area is 126 Å². The van der Waals surface area contributed by atoms with E-state index in [1.165, 1.54) is 6.42 Å². The molecule has 0 bridgehead atoms. The minimum atomic E-state index is -0.659. The lowest BCUT2D eigenvalue weighted by atomic mass is 9.88. The second kappa shape index (κ2) is 7.46. The number of aliphatic hydroxyl groups is 1. The van der Waals surface area contributed by atoms with Gasteiger partial charge < -0.3 is 14.7 Å². The van der Waals surface area contributed by atoms with Crippen LogP contribution >= 0.6 is 0 Å². The maximum atomic E-state index is 12.4. The molecule has 1 amide bonds. The zero-order chi connectivity index (χ0) is 15.2. The summed E-state index contributed by atoms with van der Waals surface area (Å²) in [7, 11) is 3.39. The van der Waals surface area contributed by atoms with Gasteiger partial charge >= 0.3 is 0 Å². The molecule has 0 saturated heterocycles. The Bertz CT molecular complexity index is 452. The summed E-state index contributed by atoms with van der Waals surface area (Å²) < 4.78 is 5.10. The summed E-state index contributed by atoms with van der Waals surface area (Å²) in [5.41, 5.74) is 0.805. The van der Waals surface area contributed by atoms with Crippen LogP contribution in [-0.4, -0.2) is 36.6 Å². The first kappa shape index (κ1) is 15.8. The predicted octanol–water partition coefficient (Wildman–Crippen LogP) is 2.77. The minimum absolute atomic E-state index is 0.145. The van der Waals surface area contributed by atoms with Crippen molar-refractivity contribution >= 4 is 5.91 Å². The number of carbonyl (C=O) groups is 1. The van der Waals surface area contributed by atoms with Crippen molar-refractivity contribution < 1.29 is 14.6 Å². The van der Waals surface area contributed by atoms with Crippen molar-refractivity contribution in [3.63, 3.8) is 0 Å². The van der Waals surface area contributed by atoms with Gasteiger partial charge in [0.05, 0.1) is 19.8 Å². The molecule has 1 N–H and O–H groups in total. The molecule has 1 atom stereocenters. The molecular weight excluding hydrogens is 266 g/mol. The molecule has 0 aromatic heterocycles. The van der Waals surface area contributed by atoms with Gasteiger partial charge in [0.15, 0.2) is 0 Å². The topological polar surface area (TPSA) is 49.8 Å². The largest absolute Gasteiger partial charge is 0.497 e. The second-order valence-electron chi connectivity index (χ2n) is 5.84. The van der Waals surface area contributed by atoms with Crippen molar-refractivity contribution in [1.82, 2.24) is 4.90 Å². The highest BCUT2D eigenvalue weighted by Gasteiger charge is 2.25. The maximum absolute atomic E-state index is 12.4. The molecule has 0 aliphatic heterocycles. The standard InChI is InChI=1S/C17H25NO3/c1-18(17(20)14-6-4-3-5-7-14)12-16(19)13-8-10-15(21-2)11-9-13/h8-11,14,16,19H,3-7,12H2,1-2H3. The summed E-state index contributed by atoms with van der Waals surface area (Å²) in [4.78, 5) is 14.0. The first-order valence-corrected chi connectivity index (χ1v) is 7.69. The van der Waals surface area contributed by atoms with Gasteiger partial charge in [-0.3, -0.25) is 4.79 Å². The fourth-order valence-electron chi connectivity index (χ4n) is 2.94. The molecule has 2 rings (SSSR count). The Hall–Kier alpha value is -1.55. The summed E-state index contributed by atoms with van der Waals surface area (Å²) in [6.07, 6.45) is 4.84. The van der Waals surface area contributed by atoms with Crippen LogP contribution in [0.3, 0.4) is 0 Å². The molecular formula is C17H25NO3. The Morgan fingerprint density at radius 2 is 1.90 bits per heavy atom. The van der Waals surface area contributed by atoms with Crippen molar-refractivity contribution in [3.05, 3.63) is 29.8 Å². The third-order valence-corrected chi connectivity index (χ3v) is 4.28. The van der Waals surface area contributed by atoms with Crippen LogP contribution in [-0.2, 0) is 4.79 Å². The highest BCUT2D eigenvalue weighted by Crippen LogP contribution is 2.26. The van der Waals surface area contributed by atoms with Crippen LogP contribution in [0.1, 0.15) is 43.8 Å². The number of nitrogens with zero attached hydrogens (tertiary/aromatic N) is 1. The second-order valence-corrected chi connectivity index (χ2v) is 5.84. The number of rotatable bonds is 5. The van der Waals surface area contributed by atoms with E-state index < -0.39 is 6.10 Å². The van der Waals surface area contributed by atoms with E-state index in [1.807, 2.05) is 24.3 Å². The number of aliphatic hydroxyl groups excluding tert-OH is 1. The van der Waals surface area contributed by atoms with Crippen molar-refractivity contribution in [2.24, 2.45) is 5.92 Å². The normalized spacial score (nSPS) is 17.3. The smallest absolute Gasteiger partial charge is 0.225 e. The van der Waals surface area contributed by atoms with Crippen LogP contribution < -0.4 is 4.74 Å². The van der Waals surface area contributed by atoms with Crippen molar-refractivity contribution in [1.29, 1.82) is 0 Å². The fourth-order valence-corrected chi connectivity index (χ4v) is 2.94. The number of likely N-dealkylation sites (N-methyl/N-ethyl adjacent to an activating group) is 1. The van der Waals surface area contributed by atoms with Gasteiger partial charge in [-0.2, -0.15) is 0 Å². The van der Waals surface area contributed by atoms with Crippen LogP contribution in [0.15, 0.2) is 24.3 Å². The van der Waals surface area contributed by atoms with Gasteiger partial charge in [0.25, 0.3) is 0 Å². The van der Waals surface area contributed by atoms with E-state index in [2.05, 4.69) is 0 Å². The first-order chi connectivity index (χ1) is 10.1. The Balaban J connectivity index is 1.90. The summed E-state index contributed by atoms with van der Waals surface area (Å²) in [6, 6.07) is 7.31. The van der Waals surface area contributed by atoms with Gasteiger partial charge in [0, 0.05) is 13.0 Å². The predicted molar refractivity (Wildman–Crippen MR) is 82.2 cm³/mol. The monoisotopic (exact) mass is 291 g/mol. The lowest BCUT2D eigenvalue weighted by molar-refractivity contribution is -0.136. The van der Waals surface area contributed by atoms with Gasteiger partial charge in [-0.15, -0.1) is 0 Å². The number of ether oxygens (including phenoxy) is 1. The lowest BCUT2D eigenvalue weighted by Gasteiger charge is -2.28. The van der Waals surface area contributed by atoms with Gasteiger partial charge in [-0.05, 0) is 30.5 Å². The lowest BCUT2D eigenvalue weighted by Crippen LogP contribution is -2.36. The molecule has 4 nitrogen and oxygen atoms in total. The van der Waals surface area contributed by atoms with Gasteiger partial charge in [-0.1, -0.05) is 31.4 Å². The summed E-state index contributed by atoms with van der Waals surface area (Å²) in [5, 5.41) is 10.3. The number of hydrogen-bond acceptors (Lipinski definition) is 3. The van der Waals surface area contributed by atoms with E-state index in [0.717, 1.165) is 37.0 Å². The molecule has 1 aliphatic carbocycles. The maximum Gasteiger partial charge on any atom is 0.225 e. The quantitative estimate of drug-likeness (QED) is 0.907. The molecule has 116 valence electrons. The molecule has 4 heteroatoms. The number of benzene rings is 1.